The topological polar surface area (TPSA) is 59.8 Å². The van der Waals surface area contributed by atoms with E-state index in [0.29, 0.717) is 33.8 Å². The summed E-state index contributed by atoms with van der Waals surface area (Å²) in [6.07, 6.45) is 10.6. The fourth-order valence-corrected chi connectivity index (χ4v) is 6.12. The molecular weight excluding hydrogens is 451 g/mol. The van der Waals surface area contributed by atoms with Gasteiger partial charge in [-0.1, -0.05) is 74.0 Å². The average Bonchev–Trinajstić information content (AvgIpc) is 3.18. The van der Waals surface area contributed by atoms with Crippen LogP contribution in [0.5, 0.6) is 0 Å². The molecule has 2 aromatic rings. The quantitative estimate of drug-likeness (QED) is 0.476. The monoisotopic (exact) mass is 480 g/mol. The van der Waals surface area contributed by atoms with Crippen molar-refractivity contribution in [2.24, 2.45) is 5.92 Å². The third kappa shape index (κ3) is 5.58. The van der Waals surface area contributed by atoms with Crippen molar-refractivity contribution in [3.05, 3.63) is 28.2 Å². The number of hydrogen-bond donors (Lipinski definition) is 1. The van der Waals surface area contributed by atoms with E-state index in [1.165, 1.54) is 50.3 Å². The van der Waals surface area contributed by atoms with Crippen molar-refractivity contribution in [2.45, 2.75) is 82.0 Å². The largest absolute Gasteiger partial charge is 0.352 e. The number of aromatic nitrogens is 3. The van der Waals surface area contributed by atoms with Gasteiger partial charge in [-0.15, -0.1) is 10.2 Å². The molecule has 1 N–H and O–H groups in total. The molecule has 31 heavy (non-hydrogen) atoms. The molecule has 0 bridgehead atoms. The Bertz CT molecular complexity index is 913. The first-order valence-electron chi connectivity index (χ1n) is 11.4. The molecule has 0 saturated heterocycles. The van der Waals surface area contributed by atoms with Gasteiger partial charge in [0.1, 0.15) is 0 Å². The van der Waals surface area contributed by atoms with Gasteiger partial charge in [0.2, 0.25) is 5.91 Å². The second kappa shape index (κ2) is 10.6. The zero-order valence-corrected chi connectivity index (χ0v) is 20.3. The number of thioether (sulfide) groups is 1. The Hall–Kier alpha value is -1.24. The maximum Gasteiger partial charge on any atom is 0.230 e. The predicted octanol–water partition coefficient (Wildman–Crippen LogP) is 6.54. The van der Waals surface area contributed by atoms with Crippen LogP contribution in [-0.2, 0) is 4.79 Å². The summed E-state index contributed by atoms with van der Waals surface area (Å²) in [4.78, 5) is 12.7. The number of carbonyl (C=O) groups is 1. The second-order valence-corrected chi connectivity index (χ2v) is 10.6. The Morgan fingerprint density at radius 2 is 1.84 bits per heavy atom. The van der Waals surface area contributed by atoms with E-state index in [9.17, 15) is 4.79 Å². The summed E-state index contributed by atoms with van der Waals surface area (Å²) in [7, 11) is 0. The SMILES string of the molecule is CC1CCCCC1NC(=O)CSc1nnc(-c2ccc(Cl)cc2Cl)n1C1CCCCC1. The lowest BCUT2D eigenvalue weighted by molar-refractivity contribution is -0.119. The zero-order valence-electron chi connectivity index (χ0n) is 17.9. The van der Waals surface area contributed by atoms with Crippen LogP contribution < -0.4 is 5.32 Å². The van der Waals surface area contributed by atoms with Gasteiger partial charge in [-0.05, 0) is 49.8 Å². The van der Waals surface area contributed by atoms with Crippen LogP contribution in [0.1, 0.15) is 70.8 Å². The summed E-state index contributed by atoms with van der Waals surface area (Å²) < 4.78 is 2.20. The molecule has 2 unspecified atom stereocenters. The van der Waals surface area contributed by atoms with Crippen LogP contribution in [0.15, 0.2) is 23.4 Å². The number of rotatable bonds is 6. The highest BCUT2D eigenvalue weighted by molar-refractivity contribution is 7.99. The molecule has 0 radical (unpaired) electrons. The molecule has 2 aliphatic rings. The lowest BCUT2D eigenvalue weighted by atomic mass is 9.86. The van der Waals surface area contributed by atoms with Gasteiger partial charge < -0.3 is 5.32 Å². The molecule has 1 aromatic carbocycles. The highest BCUT2D eigenvalue weighted by Gasteiger charge is 2.26. The molecule has 1 amide bonds. The first-order chi connectivity index (χ1) is 15.0. The van der Waals surface area contributed by atoms with Crippen molar-refractivity contribution in [1.29, 1.82) is 0 Å². The number of carbonyl (C=O) groups excluding carboxylic acids is 1. The van der Waals surface area contributed by atoms with Crippen molar-refractivity contribution < 1.29 is 4.79 Å². The lowest BCUT2D eigenvalue weighted by Crippen LogP contribution is -2.41. The van der Waals surface area contributed by atoms with Gasteiger partial charge in [0.15, 0.2) is 11.0 Å². The molecule has 1 aromatic heterocycles. The van der Waals surface area contributed by atoms with Gasteiger partial charge >= 0.3 is 0 Å². The summed E-state index contributed by atoms with van der Waals surface area (Å²) in [6.45, 7) is 2.24. The van der Waals surface area contributed by atoms with Crippen LogP contribution >= 0.6 is 35.0 Å². The highest BCUT2D eigenvalue weighted by Crippen LogP contribution is 2.38. The number of benzene rings is 1. The third-order valence-electron chi connectivity index (χ3n) is 6.57. The minimum absolute atomic E-state index is 0.0769. The Morgan fingerprint density at radius 3 is 2.58 bits per heavy atom. The summed E-state index contributed by atoms with van der Waals surface area (Å²) in [5.74, 6) is 1.74. The molecule has 5 nitrogen and oxygen atoms in total. The fraction of sp³-hybridized carbons (Fsp3) is 0.609. The van der Waals surface area contributed by atoms with E-state index in [0.717, 1.165) is 35.8 Å². The van der Waals surface area contributed by atoms with Crippen molar-refractivity contribution in [3.63, 3.8) is 0 Å². The summed E-state index contributed by atoms with van der Waals surface area (Å²) in [5, 5.41) is 14.2. The van der Waals surface area contributed by atoms with E-state index >= 15 is 0 Å². The van der Waals surface area contributed by atoms with Crippen molar-refractivity contribution in [3.8, 4) is 11.4 Å². The maximum absolute atomic E-state index is 12.7. The minimum atomic E-state index is 0.0769. The van der Waals surface area contributed by atoms with Crippen LogP contribution in [-0.4, -0.2) is 32.5 Å². The molecule has 2 atom stereocenters. The van der Waals surface area contributed by atoms with Gasteiger partial charge in [0.05, 0.1) is 10.8 Å². The first-order valence-corrected chi connectivity index (χ1v) is 13.1. The number of halogens is 2. The van der Waals surface area contributed by atoms with Crippen LogP contribution in [0.3, 0.4) is 0 Å². The number of nitrogens with one attached hydrogen (secondary N) is 1. The van der Waals surface area contributed by atoms with Crippen molar-refractivity contribution >= 4 is 40.9 Å². The van der Waals surface area contributed by atoms with E-state index < -0.39 is 0 Å². The molecule has 2 aliphatic carbocycles. The maximum atomic E-state index is 12.7. The van der Waals surface area contributed by atoms with Crippen LogP contribution in [0.4, 0.5) is 0 Å². The van der Waals surface area contributed by atoms with E-state index in [-0.39, 0.29) is 5.91 Å². The van der Waals surface area contributed by atoms with Crippen molar-refractivity contribution in [1.82, 2.24) is 20.1 Å². The van der Waals surface area contributed by atoms with Gasteiger partial charge in [0, 0.05) is 22.7 Å². The fourth-order valence-electron chi connectivity index (χ4n) is 4.81. The molecule has 0 spiro atoms. The molecule has 2 fully saturated rings. The van der Waals surface area contributed by atoms with Gasteiger partial charge in [-0.25, -0.2) is 0 Å². The van der Waals surface area contributed by atoms with E-state index in [1.807, 2.05) is 12.1 Å². The Kier molecular flexibility index (Phi) is 7.83. The number of hydrogen-bond acceptors (Lipinski definition) is 4. The summed E-state index contributed by atoms with van der Waals surface area (Å²) in [5.41, 5.74) is 0.830. The number of amides is 1. The Labute approximate surface area is 198 Å². The van der Waals surface area contributed by atoms with Gasteiger partial charge in [-0.2, -0.15) is 0 Å². The summed E-state index contributed by atoms with van der Waals surface area (Å²) >= 11 is 14.1. The normalized spacial score (nSPS) is 22.4. The molecule has 168 valence electrons. The average molecular weight is 481 g/mol. The highest BCUT2D eigenvalue weighted by atomic mass is 35.5. The van der Waals surface area contributed by atoms with Crippen LogP contribution in [0.25, 0.3) is 11.4 Å². The summed E-state index contributed by atoms with van der Waals surface area (Å²) in [6, 6.07) is 6.09. The van der Waals surface area contributed by atoms with E-state index in [2.05, 4.69) is 27.0 Å². The van der Waals surface area contributed by atoms with Crippen LogP contribution in [0, 0.1) is 5.92 Å². The van der Waals surface area contributed by atoms with E-state index in [1.54, 1.807) is 6.07 Å². The smallest absolute Gasteiger partial charge is 0.230 e. The standard InChI is InChI=1S/C23H30Cl2N4OS/c1-15-7-5-6-10-20(15)26-21(30)14-31-23-28-27-22(18-12-11-16(24)13-19(18)25)29(23)17-8-3-2-4-9-17/h11-13,15,17,20H,2-10,14H2,1H3,(H,26,30). The van der Waals surface area contributed by atoms with E-state index in [4.69, 9.17) is 23.2 Å². The molecule has 2 saturated carbocycles. The molecule has 0 aliphatic heterocycles. The number of nitrogens with zero attached hydrogens (tertiary/aromatic N) is 3. The van der Waals surface area contributed by atoms with Gasteiger partial charge in [-0.3, -0.25) is 9.36 Å². The molecule has 1 heterocycles. The first kappa shape index (κ1) is 22.9. The Balaban J connectivity index is 1.53. The van der Waals surface area contributed by atoms with Crippen LogP contribution in [0.2, 0.25) is 10.0 Å². The third-order valence-corrected chi connectivity index (χ3v) is 8.06. The molecule has 4 rings (SSSR count). The predicted molar refractivity (Wildman–Crippen MR) is 128 cm³/mol. The molecule has 8 heteroatoms. The lowest BCUT2D eigenvalue weighted by Gasteiger charge is -2.29. The Morgan fingerprint density at radius 1 is 1.10 bits per heavy atom. The van der Waals surface area contributed by atoms with Gasteiger partial charge in [0.25, 0.3) is 0 Å². The zero-order chi connectivity index (χ0) is 21.8. The molecular formula is C23H30Cl2N4OS. The minimum Gasteiger partial charge on any atom is -0.352 e. The second-order valence-electron chi connectivity index (χ2n) is 8.82. The van der Waals surface area contributed by atoms with Crippen molar-refractivity contribution in [2.75, 3.05) is 5.75 Å².